The summed E-state index contributed by atoms with van der Waals surface area (Å²) in [5.74, 6) is 0.330. The molecule has 0 aromatic carbocycles. The molecule has 122 valence electrons. The molecule has 0 saturated carbocycles. The van der Waals surface area contributed by atoms with Gasteiger partial charge in [-0.3, -0.25) is 0 Å². The summed E-state index contributed by atoms with van der Waals surface area (Å²) in [6.45, 7) is 5.08. The van der Waals surface area contributed by atoms with Crippen molar-refractivity contribution in [2.75, 3.05) is 13.6 Å². The highest BCUT2D eigenvalue weighted by Gasteiger charge is 2.35. The first-order valence-corrected chi connectivity index (χ1v) is 8.37. The van der Waals surface area contributed by atoms with E-state index in [0.717, 1.165) is 31.5 Å². The van der Waals surface area contributed by atoms with Crippen molar-refractivity contribution < 1.29 is 5.21 Å². The van der Waals surface area contributed by atoms with E-state index in [9.17, 15) is 0 Å². The second kappa shape index (κ2) is 6.97. The lowest BCUT2D eigenvalue weighted by Gasteiger charge is -2.47. The highest BCUT2D eigenvalue weighted by atomic mass is 16.4. The van der Waals surface area contributed by atoms with Gasteiger partial charge in [-0.25, -0.2) is 0 Å². The van der Waals surface area contributed by atoms with Crippen LogP contribution in [0.5, 0.6) is 0 Å². The molecule has 2 aliphatic rings. The molecule has 2 fully saturated rings. The fraction of sp³-hybridized carbons (Fsp3) is 0.938. The van der Waals surface area contributed by atoms with Crippen LogP contribution in [-0.4, -0.2) is 47.7 Å². The minimum Gasteiger partial charge on any atom is -0.409 e. The van der Waals surface area contributed by atoms with Gasteiger partial charge >= 0.3 is 0 Å². The Balaban J connectivity index is 1.70. The van der Waals surface area contributed by atoms with Gasteiger partial charge in [-0.2, -0.15) is 0 Å². The van der Waals surface area contributed by atoms with Gasteiger partial charge in [0.15, 0.2) is 0 Å². The van der Waals surface area contributed by atoms with Gasteiger partial charge in [0, 0.05) is 23.5 Å². The predicted octanol–water partition coefficient (Wildman–Crippen LogP) is 2.14. The standard InChI is InChI=1S/C16H32N4O/c1-16(2,15(17)19-21)8-5-9-18-12-10-13-6-4-7-14(11-12)20(13)3/h12-14,18,21H,4-11H2,1-3H3,(H2,17,19). The number of nitrogens with one attached hydrogen (secondary N) is 1. The molecular formula is C16H32N4O. The topological polar surface area (TPSA) is 73.9 Å². The molecule has 0 aliphatic carbocycles. The Bertz CT molecular complexity index is 355. The van der Waals surface area contributed by atoms with E-state index in [4.69, 9.17) is 10.9 Å². The van der Waals surface area contributed by atoms with Gasteiger partial charge in [-0.1, -0.05) is 25.4 Å². The second-order valence-electron chi connectivity index (χ2n) is 7.50. The minimum absolute atomic E-state index is 0.222. The summed E-state index contributed by atoms with van der Waals surface area (Å²) in [6.07, 6.45) is 8.71. The molecule has 2 atom stereocenters. The summed E-state index contributed by atoms with van der Waals surface area (Å²) < 4.78 is 0. The number of nitrogens with two attached hydrogens (primary N) is 1. The van der Waals surface area contributed by atoms with Crippen LogP contribution in [0.2, 0.25) is 0 Å². The molecule has 2 aliphatic heterocycles. The van der Waals surface area contributed by atoms with Crippen LogP contribution < -0.4 is 11.1 Å². The van der Waals surface area contributed by atoms with Crippen LogP contribution in [0.3, 0.4) is 0 Å². The van der Waals surface area contributed by atoms with Crippen LogP contribution in [0.4, 0.5) is 0 Å². The highest BCUT2D eigenvalue weighted by Crippen LogP contribution is 2.32. The summed E-state index contributed by atoms with van der Waals surface area (Å²) in [4.78, 5) is 2.60. The Hall–Kier alpha value is -0.810. The molecule has 2 saturated heterocycles. The first kappa shape index (κ1) is 16.6. The number of fused-ring (bicyclic) bond motifs is 2. The number of piperidine rings is 2. The molecule has 0 aromatic heterocycles. The van der Waals surface area contributed by atoms with Crippen LogP contribution in [0, 0.1) is 5.41 Å². The van der Waals surface area contributed by atoms with Crippen molar-refractivity contribution >= 4 is 5.84 Å². The maximum Gasteiger partial charge on any atom is 0.144 e. The van der Waals surface area contributed by atoms with Gasteiger partial charge in [0.1, 0.15) is 5.84 Å². The average molecular weight is 296 g/mol. The van der Waals surface area contributed by atoms with Crippen molar-refractivity contribution in [3.05, 3.63) is 0 Å². The average Bonchev–Trinajstić information content (AvgIpc) is 2.43. The van der Waals surface area contributed by atoms with E-state index in [-0.39, 0.29) is 5.41 Å². The SMILES string of the molecule is CN1C2CCCC1CC(NCCCC(C)(C)C(N)=NO)C2. The van der Waals surface area contributed by atoms with Crippen molar-refractivity contribution in [1.82, 2.24) is 10.2 Å². The number of hydrogen-bond acceptors (Lipinski definition) is 4. The van der Waals surface area contributed by atoms with E-state index >= 15 is 0 Å². The van der Waals surface area contributed by atoms with Crippen molar-refractivity contribution in [2.24, 2.45) is 16.3 Å². The Morgan fingerprint density at radius 1 is 1.33 bits per heavy atom. The molecule has 0 radical (unpaired) electrons. The molecule has 2 heterocycles. The highest BCUT2D eigenvalue weighted by molar-refractivity contribution is 5.85. The van der Waals surface area contributed by atoms with E-state index in [0.29, 0.717) is 11.9 Å². The quantitative estimate of drug-likeness (QED) is 0.231. The summed E-state index contributed by atoms with van der Waals surface area (Å²) >= 11 is 0. The van der Waals surface area contributed by atoms with Crippen molar-refractivity contribution in [2.45, 2.75) is 76.9 Å². The third kappa shape index (κ3) is 4.10. The molecule has 0 spiro atoms. The number of rotatable bonds is 6. The zero-order valence-electron chi connectivity index (χ0n) is 13.8. The largest absolute Gasteiger partial charge is 0.409 e. The molecule has 2 unspecified atom stereocenters. The smallest absolute Gasteiger partial charge is 0.144 e. The molecule has 21 heavy (non-hydrogen) atoms. The normalized spacial score (nSPS) is 31.4. The van der Waals surface area contributed by atoms with Crippen LogP contribution in [0.1, 0.15) is 58.8 Å². The van der Waals surface area contributed by atoms with E-state index in [2.05, 4.69) is 22.4 Å². The zero-order chi connectivity index (χ0) is 15.5. The monoisotopic (exact) mass is 296 g/mol. The fourth-order valence-corrected chi connectivity index (χ4v) is 3.88. The molecule has 2 bridgehead atoms. The molecular weight excluding hydrogens is 264 g/mol. The molecule has 2 rings (SSSR count). The van der Waals surface area contributed by atoms with Crippen LogP contribution in [0.25, 0.3) is 0 Å². The summed E-state index contributed by atoms with van der Waals surface area (Å²) in [5, 5.41) is 15.7. The fourth-order valence-electron chi connectivity index (χ4n) is 3.88. The lowest BCUT2D eigenvalue weighted by atomic mass is 9.82. The lowest BCUT2D eigenvalue weighted by molar-refractivity contribution is 0.0485. The molecule has 5 heteroatoms. The van der Waals surface area contributed by atoms with Crippen LogP contribution in [-0.2, 0) is 0 Å². The maximum atomic E-state index is 8.79. The summed E-state index contributed by atoms with van der Waals surface area (Å²) in [5.41, 5.74) is 5.50. The van der Waals surface area contributed by atoms with Gasteiger partial charge in [0.05, 0.1) is 0 Å². The van der Waals surface area contributed by atoms with Crippen molar-refractivity contribution in [1.29, 1.82) is 0 Å². The van der Waals surface area contributed by atoms with E-state index < -0.39 is 0 Å². The Labute approximate surface area is 128 Å². The minimum atomic E-state index is -0.222. The van der Waals surface area contributed by atoms with Gasteiger partial charge in [-0.05, 0) is 52.1 Å². The van der Waals surface area contributed by atoms with Crippen molar-refractivity contribution in [3.63, 3.8) is 0 Å². The number of amidine groups is 1. The Morgan fingerprint density at radius 3 is 2.52 bits per heavy atom. The van der Waals surface area contributed by atoms with Gasteiger partial charge in [0.25, 0.3) is 0 Å². The number of oxime groups is 1. The molecule has 4 N–H and O–H groups in total. The van der Waals surface area contributed by atoms with Gasteiger partial charge in [0.2, 0.25) is 0 Å². The third-order valence-electron chi connectivity index (χ3n) is 5.55. The molecule has 0 amide bonds. The number of hydrogen-bond donors (Lipinski definition) is 3. The maximum absolute atomic E-state index is 8.79. The summed E-state index contributed by atoms with van der Waals surface area (Å²) in [7, 11) is 2.30. The third-order valence-corrected chi connectivity index (χ3v) is 5.55. The first-order valence-electron chi connectivity index (χ1n) is 8.37. The number of nitrogens with zero attached hydrogens (tertiary/aromatic N) is 2. The molecule has 0 aromatic rings. The van der Waals surface area contributed by atoms with Crippen LogP contribution in [0.15, 0.2) is 5.16 Å². The van der Waals surface area contributed by atoms with Crippen molar-refractivity contribution in [3.8, 4) is 0 Å². The molecule has 5 nitrogen and oxygen atoms in total. The Morgan fingerprint density at radius 2 is 1.95 bits per heavy atom. The van der Waals surface area contributed by atoms with Gasteiger partial charge in [-0.15, -0.1) is 0 Å². The zero-order valence-corrected chi connectivity index (χ0v) is 13.8. The first-order chi connectivity index (χ1) is 9.94. The Kier molecular flexibility index (Phi) is 5.49. The van der Waals surface area contributed by atoms with E-state index in [1.165, 1.54) is 32.1 Å². The lowest BCUT2D eigenvalue weighted by Crippen LogP contribution is -2.54. The predicted molar refractivity (Wildman–Crippen MR) is 86.6 cm³/mol. The second-order valence-corrected chi connectivity index (χ2v) is 7.50. The van der Waals surface area contributed by atoms with Crippen LogP contribution >= 0.6 is 0 Å². The van der Waals surface area contributed by atoms with E-state index in [1.807, 2.05) is 13.8 Å². The van der Waals surface area contributed by atoms with E-state index in [1.54, 1.807) is 0 Å². The summed E-state index contributed by atoms with van der Waals surface area (Å²) in [6, 6.07) is 2.23. The van der Waals surface area contributed by atoms with Gasteiger partial charge < -0.3 is 21.2 Å².